The summed E-state index contributed by atoms with van der Waals surface area (Å²) in [5.41, 5.74) is 4.26. The molecule has 2 aliphatic rings. The molecule has 1 spiro atoms. The van der Waals surface area contributed by atoms with E-state index in [1.54, 1.807) is 29.3 Å². The number of sulfone groups is 1. The number of fused-ring (bicyclic) bond motifs is 1. The second-order valence-corrected chi connectivity index (χ2v) is 11.2. The number of pyridine rings is 1. The summed E-state index contributed by atoms with van der Waals surface area (Å²) in [7, 11) is -3.32. The Morgan fingerprint density at radius 2 is 1.79 bits per heavy atom. The molecule has 1 aromatic heterocycles. The fourth-order valence-corrected chi connectivity index (χ4v) is 6.20. The third-order valence-corrected chi connectivity index (χ3v) is 8.19. The van der Waals surface area contributed by atoms with Crippen LogP contribution >= 0.6 is 0 Å². The van der Waals surface area contributed by atoms with Crippen LogP contribution in [0, 0.1) is 0 Å². The van der Waals surface area contributed by atoms with Gasteiger partial charge in [-0.3, -0.25) is 4.98 Å². The van der Waals surface area contributed by atoms with Crippen LogP contribution in [0.5, 0.6) is 5.75 Å². The molecule has 0 bridgehead atoms. The number of hydrogen-bond acceptors (Lipinski definition) is 5. The van der Waals surface area contributed by atoms with Crippen LogP contribution in [0.1, 0.15) is 40.2 Å². The number of likely N-dealkylation sites (tertiary alicyclic amines) is 1. The fraction of sp³-hybridized carbons (Fsp3) is 0.370. The Morgan fingerprint density at radius 3 is 2.52 bits per heavy atom. The van der Waals surface area contributed by atoms with Crippen molar-refractivity contribution in [1.29, 1.82) is 0 Å². The van der Waals surface area contributed by atoms with Crippen LogP contribution < -0.4 is 4.74 Å². The van der Waals surface area contributed by atoms with E-state index in [1.807, 2.05) is 36.4 Å². The average molecular weight is 466 g/mol. The van der Waals surface area contributed by atoms with Crippen LogP contribution in [0.25, 0.3) is 11.1 Å². The summed E-state index contributed by atoms with van der Waals surface area (Å²) in [6.07, 6.45) is 4.81. The number of piperidine rings is 1. The molecular weight excluding hydrogens is 432 g/mol. The number of aromatic nitrogens is 1. The molecule has 0 aliphatic carbocycles. The van der Waals surface area contributed by atoms with Crippen LogP contribution in [0.15, 0.2) is 66.9 Å². The van der Waals surface area contributed by atoms with Gasteiger partial charge in [0, 0.05) is 23.4 Å². The Kier molecular flexibility index (Phi) is 5.05. The van der Waals surface area contributed by atoms with Gasteiger partial charge in [-0.1, -0.05) is 36.4 Å². The maximum atomic E-state index is 12.6. The van der Waals surface area contributed by atoms with Gasteiger partial charge in [0.2, 0.25) is 0 Å². The summed E-state index contributed by atoms with van der Waals surface area (Å²) < 4.78 is 54.6. The molecule has 0 unspecified atom stereocenters. The molecule has 0 saturated carbocycles. The first-order valence-corrected chi connectivity index (χ1v) is 13.2. The van der Waals surface area contributed by atoms with E-state index >= 15 is 0 Å². The normalized spacial score (nSPS) is 19.7. The number of nitrogens with zero attached hydrogens (tertiary/aromatic N) is 2. The van der Waals surface area contributed by atoms with E-state index in [0.29, 0.717) is 18.8 Å². The Bertz CT molecular complexity index is 1320. The van der Waals surface area contributed by atoms with Crippen molar-refractivity contribution in [3.05, 3.63) is 83.7 Å². The summed E-state index contributed by atoms with van der Waals surface area (Å²) in [5.74, 6) is 0.781. The van der Waals surface area contributed by atoms with Crippen molar-refractivity contribution in [3.8, 4) is 16.9 Å². The maximum Gasteiger partial charge on any atom is 0.160 e. The Labute approximate surface area is 200 Å². The predicted octanol–water partition coefficient (Wildman–Crippen LogP) is 4.65. The fourth-order valence-electron chi connectivity index (χ4n) is 4.77. The van der Waals surface area contributed by atoms with Crippen molar-refractivity contribution in [2.24, 2.45) is 0 Å². The van der Waals surface area contributed by atoms with Gasteiger partial charge in [-0.2, -0.15) is 0 Å². The van der Waals surface area contributed by atoms with Crippen molar-refractivity contribution < 1.29 is 17.3 Å². The number of ether oxygens (including phenoxy) is 1. The largest absolute Gasteiger partial charge is 0.487 e. The molecular formula is C27H30N2O3S. The smallest absolute Gasteiger partial charge is 0.160 e. The molecule has 5 nitrogen and oxygen atoms in total. The summed E-state index contributed by atoms with van der Waals surface area (Å²) >= 11 is 0. The Balaban J connectivity index is 1.24. The highest BCUT2D eigenvalue weighted by molar-refractivity contribution is 7.89. The Morgan fingerprint density at radius 1 is 1.00 bits per heavy atom. The van der Waals surface area contributed by atoms with Gasteiger partial charge in [0.05, 0.1) is 17.2 Å². The van der Waals surface area contributed by atoms with Gasteiger partial charge in [0.15, 0.2) is 9.84 Å². The number of benzene rings is 2. The van der Waals surface area contributed by atoms with Crippen molar-refractivity contribution in [2.75, 3.05) is 20.1 Å². The zero-order valence-corrected chi connectivity index (χ0v) is 19.4. The molecule has 1 saturated heterocycles. The molecule has 0 amide bonds. The van der Waals surface area contributed by atoms with Gasteiger partial charge < -0.3 is 9.64 Å². The number of hydrogen-bond donors (Lipinski definition) is 0. The highest BCUT2D eigenvalue weighted by Gasteiger charge is 2.38. The first-order chi connectivity index (χ1) is 17.1. The van der Waals surface area contributed by atoms with Gasteiger partial charge >= 0.3 is 0 Å². The molecule has 0 N–H and O–H groups in total. The van der Waals surface area contributed by atoms with Gasteiger partial charge in [-0.15, -0.1) is 0 Å². The number of rotatable bonds is 5. The third-order valence-electron chi connectivity index (χ3n) is 6.68. The first kappa shape index (κ1) is 18.7. The first-order valence-electron chi connectivity index (χ1n) is 12.9. The standard InChI is InChI=1S/C27H30N2O3S/c1-29-16-13-27(14-17-29)12-11-24-18-23(9-10-26(24)32-27)22-7-5-21(6-8-22)19-33(30,31)20-25-4-2-3-15-28-25/h2-10,15,18H,11-14,16-17,19-20H2,1H3/i1D3. The lowest BCUT2D eigenvalue weighted by Crippen LogP contribution is -2.48. The van der Waals surface area contributed by atoms with E-state index in [9.17, 15) is 8.42 Å². The zero-order chi connectivity index (χ0) is 25.4. The van der Waals surface area contributed by atoms with E-state index in [4.69, 9.17) is 8.85 Å². The monoisotopic (exact) mass is 465 g/mol. The summed E-state index contributed by atoms with van der Waals surface area (Å²) in [6.45, 7) is -0.996. The predicted molar refractivity (Wildman–Crippen MR) is 131 cm³/mol. The van der Waals surface area contributed by atoms with Gasteiger partial charge in [-0.05, 0) is 79.2 Å². The van der Waals surface area contributed by atoms with Crippen molar-refractivity contribution in [1.82, 2.24) is 9.88 Å². The molecule has 3 heterocycles. The summed E-state index contributed by atoms with van der Waals surface area (Å²) in [6, 6.07) is 19.1. The summed E-state index contributed by atoms with van der Waals surface area (Å²) in [5, 5.41) is 0. The van der Waals surface area contributed by atoms with Crippen LogP contribution in [-0.2, 0) is 27.8 Å². The second-order valence-electron chi connectivity index (χ2n) is 9.14. The van der Waals surface area contributed by atoms with E-state index in [-0.39, 0.29) is 17.1 Å². The van der Waals surface area contributed by atoms with Crippen LogP contribution in [0.3, 0.4) is 0 Å². The minimum atomic E-state index is -3.32. The number of aryl methyl sites for hydroxylation is 1. The lowest BCUT2D eigenvalue weighted by Gasteiger charge is -2.44. The lowest BCUT2D eigenvalue weighted by molar-refractivity contribution is -0.00874. The molecule has 3 aromatic rings. The van der Waals surface area contributed by atoms with E-state index in [1.165, 1.54) is 0 Å². The topological polar surface area (TPSA) is 59.5 Å². The molecule has 172 valence electrons. The van der Waals surface area contributed by atoms with Crippen molar-refractivity contribution in [3.63, 3.8) is 0 Å². The third kappa shape index (κ3) is 5.12. The van der Waals surface area contributed by atoms with Gasteiger partial charge in [0.1, 0.15) is 11.4 Å². The zero-order valence-electron chi connectivity index (χ0n) is 21.5. The van der Waals surface area contributed by atoms with Crippen LogP contribution in [0.4, 0.5) is 0 Å². The molecule has 2 aliphatic heterocycles. The molecule has 2 aromatic carbocycles. The quantitative estimate of drug-likeness (QED) is 0.549. The van der Waals surface area contributed by atoms with Gasteiger partial charge in [0.25, 0.3) is 0 Å². The summed E-state index contributed by atoms with van der Waals surface area (Å²) in [4.78, 5) is 5.68. The van der Waals surface area contributed by atoms with E-state index in [2.05, 4.69) is 11.1 Å². The molecule has 1 fully saturated rings. The average Bonchev–Trinajstić information content (AvgIpc) is 2.84. The highest BCUT2D eigenvalue weighted by Crippen LogP contribution is 2.40. The lowest BCUT2D eigenvalue weighted by atomic mass is 9.83. The minimum Gasteiger partial charge on any atom is -0.487 e. The van der Waals surface area contributed by atoms with E-state index in [0.717, 1.165) is 53.7 Å². The molecule has 0 atom stereocenters. The molecule has 6 heteroatoms. The van der Waals surface area contributed by atoms with Crippen LogP contribution in [-0.4, -0.2) is 44.0 Å². The Hall–Kier alpha value is -2.70. The van der Waals surface area contributed by atoms with Crippen molar-refractivity contribution >= 4 is 9.84 Å². The van der Waals surface area contributed by atoms with Gasteiger partial charge in [-0.25, -0.2) is 8.42 Å². The molecule has 0 radical (unpaired) electrons. The minimum absolute atomic E-state index is 0.0246. The highest BCUT2D eigenvalue weighted by atomic mass is 32.2. The van der Waals surface area contributed by atoms with E-state index < -0.39 is 16.8 Å². The van der Waals surface area contributed by atoms with Crippen molar-refractivity contribution in [2.45, 2.75) is 42.8 Å². The second kappa shape index (κ2) is 8.92. The SMILES string of the molecule is [2H]C([2H])([2H])N1CCC2(CCc3cc(-c4ccc(CS(=O)(=O)Cc5ccccn5)cc4)ccc3O2)CC1. The molecule has 5 rings (SSSR count). The van der Waals surface area contributed by atoms with Crippen LogP contribution in [0.2, 0.25) is 0 Å². The molecule has 33 heavy (non-hydrogen) atoms. The maximum absolute atomic E-state index is 12.6.